The number of allylic oxidation sites excluding steroid dienone is 2. The third kappa shape index (κ3) is 3.33. The maximum absolute atomic E-state index is 12.4. The Balaban J connectivity index is 2.45. The first-order chi connectivity index (χ1) is 11.1. The van der Waals surface area contributed by atoms with Gasteiger partial charge in [0.1, 0.15) is 12.4 Å². The van der Waals surface area contributed by atoms with Crippen molar-refractivity contribution in [3.8, 4) is 12.1 Å². The van der Waals surface area contributed by atoms with Crippen LogP contribution in [0, 0.1) is 22.7 Å². The van der Waals surface area contributed by atoms with Crippen molar-refractivity contribution >= 4 is 5.97 Å². The summed E-state index contributed by atoms with van der Waals surface area (Å²) in [5.41, 5.74) is 7.83. The number of hydrogen-bond acceptors (Lipinski definition) is 6. The van der Waals surface area contributed by atoms with Crippen LogP contribution in [0.15, 0.2) is 53.0 Å². The third-order valence-corrected chi connectivity index (χ3v) is 3.51. The van der Waals surface area contributed by atoms with E-state index in [4.69, 9.17) is 15.7 Å². The molecule has 116 valence electrons. The zero-order chi connectivity index (χ0) is 16.8. The van der Waals surface area contributed by atoms with E-state index in [1.807, 2.05) is 36.4 Å². The Morgan fingerprint density at radius 2 is 2.04 bits per heavy atom. The minimum absolute atomic E-state index is 0.00864. The number of dihydropyridines is 1. The van der Waals surface area contributed by atoms with E-state index in [-0.39, 0.29) is 24.4 Å². The molecule has 1 aromatic rings. The number of carbonyl (C=O) groups excluding carboxylic acids is 1. The van der Waals surface area contributed by atoms with Crippen LogP contribution in [0.1, 0.15) is 24.8 Å². The van der Waals surface area contributed by atoms with Gasteiger partial charge in [0, 0.05) is 5.70 Å². The molecule has 1 aliphatic heterocycles. The van der Waals surface area contributed by atoms with Gasteiger partial charge in [-0.3, -0.25) is 0 Å². The number of ether oxygens (including phenoxy) is 1. The largest absolute Gasteiger partial charge is 0.461 e. The monoisotopic (exact) mass is 308 g/mol. The topological polar surface area (TPSA) is 112 Å². The Labute approximate surface area is 134 Å². The summed E-state index contributed by atoms with van der Waals surface area (Å²) in [5, 5.41) is 20.9. The Kier molecular flexibility index (Phi) is 5.01. The number of nitrogens with zero attached hydrogens (tertiary/aromatic N) is 2. The molecule has 1 heterocycles. The molecule has 0 saturated heterocycles. The van der Waals surface area contributed by atoms with Crippen LogP contribution in [-0.2, 0) is 9.53 Å². The second kappa shape index (κ2) is 7.15. The molecular formula is C17H16N4O2. The standard InChI is InChI=1S/C17H16N4O2/c1-11-14(17(22)23-9-5-8-18)15(12-6-3-2-4-7-12)13(10-19)16(20)21-11/h2-4,6-7,15,21H,5,9,20H2,1H3. The van der Waals surface area contributed by atoms with Crippen LogP contribution in [-0.4, -0.2) is 12.6 Å². The molecule has 0 amide bonds. The van der Waals surface area contributed by atoms with E-state index in [2.05, 4.69) is 11.4 Å². The van der Waals surface area contributed by atoms with Crippen molar-refractivity contribution in [1.29, 1.82) is 10.5 Å². The highest BCUT2D eigenvalue weighted by Crippen LogP contribution is 2.37. The molecule has 0 spiro atoms. The van der Waals surface area contributed by atoms with Gasteiger partial charge in [-0.25, -0.2) is 4.79 Å². The zero-order valence-electron chi connectivity index (χ0n) is 12.7. The molecule has 0 saturated carbocycles. The second-order valence-corrected chi connectivity index (χ2v) is 4.99. The summed E-state index contributed by atoms with van der Waals surface area (Å²) in [6.07, 6.45) is 0.116. The Bertz CT molecular complexity index is 751. The average Bonchev–Trinajstić information content (AvgIpc) is 2.55. The summed E-state index contributed by atoms with van der Waals surface area (Å²) >= 11 is 0. The average molecular weight is 308 g/mol. The minimum Gasteiger partial charge on any atom is -0.461 e. The summed E-state index contributed by atoms with van der Waals surface area (Å²) in [7, 11) is 0. The van der Waals surface area contributed by atoms with E-state index >= 15 is 0 Å². The van der Waals surface area contributed by atoms with Gasteiger partial charge in [-0.05, 0) is 12.5 Å². The molecule has 1 aromatic carbocycles. The quantitative estimate of drug-likeness (QED) is 0.648. The van der Waals surface area contributed by atoms with Crippen LogP contribution in [0.3, 0.4) is 0 Å². The van der Waals surface area contributed by atoms with Crippen molar-refractivity contribution in [3.63, 3.8) is 0 Å². The van der Waals surface area contributed by atoms with E-state index in [9.17, 15) is 10.1 Å². The third-order valence-electron chi connectivity index (χ3n) is 3.51. The van der Waals surface area contributed by atoms with Gasteiger partial charge in [0.15, 0.2) is 0 Å². The van der Waals surface area contributed by atoms with Crippen LogP contribution in [0.25, 0.3) is 0 Å². The molecule has 1 aliphatic rings. The van der Waals surface area contributed by atoms with Gasteiger partial charge in [0.05, 0.1) is 35.6 Å². The molecule has 0 aliphatic carbocycles. The molecule has 2 rings (SSSR count). The molecule has 1 atom stereocenters. The van der Waals surface area contributed by atoms with Crippen LogP contribution < -0.4 is 11.1 Å². The summed E-state index contributed by atoms with van der Waals surface area (Å²) in [6, 6.07) is 13.2. The van der Waals surface area contributed by atoms with Crippen molar-refractivity contribution in [2.75, 3.05) is 6.61 Å². The molecule has 0 aromatic heterocycles. The molecule has 0 fully saturated rings. The second-order valence-electron chi connectivity index (χ2n) is 4.99. The molecule has 6 heteroatoms. The van der Waals surface area contributed by atoms with Gasteiger partial charge in [0.25, 0.3) is 0 Å². The first kappa shape index (κ1) is 16.1. The summed E-state index contributed by atoms with van der Waals surface area (Å²) in [5.74, 6) is -0.913. The summed E-state index contributed by atoms with van der Waals surface area (Å²) in [6.45, 7) is 1.71. The highest BCUT2D eigenvalue weighted by Gasteiger charge is 2.34. The van der Waals surface area contributed by atoms with Crippen LogP contribution in [0.4, 0.5) is 0 Å². The Morgan fingerprint density at radius 3 is 2.65 bits per heavy atom. The van der Waals surface area contributed by atoms with Crippen LogP contribution >= 0.6 is 0 Å². The first-order valence-electron chi connectivity index (χ1n) is 7.06. The van der Waals surface area contributed by atoms with E-state index < -0.39 is 11.9 Å². The van der Waals surface area contributed by atoms with Crippen molar-refractivity contribution in [2.24, 2.45) is 5.73 Å². The predicted octanol–water partition coefficient (Wildman–Crippen LogP) is 1.80. The summed E-state index contributed by atoms with van der Waals surface area (Å²) < 4.78 is 5.14. The molecule has 1 unspecified atom stereocenters. The summed E-state index contributed by atoms with van der Waals surface area (Å²) in [4.78, 5) is 12.4. The van der Waals surface area contributed by atoms with Gasteiger partial charge in [0.2, 0.25) is 0 Å². The van der Waals surface area contributed by atoms with Crippen LogP contribution in [0.5, 0.6) is 0 Å². The number of nitrogens with one attached hydrogen (secondary N) is 1. The van der Waals surface area contributed by atoms with E-state index in [1.54, 1.807) is 6.92 Å². The lowest BCUT2D eigenvalue weighted by molar-refractivity contribution is -0.139. The SMILES string of the molecule is CC1=C(C(=O)OCCC#N)C(c2ccccc2)C(C#N)=C(N)N1. The number of esters is 1. The van der Waals surface area contributed by atoms with Gasteiger partial charge < -0.3 is 15.8 Å². The smallest absolute Gasteiger partial charge is 0.336 e. The fourth-order valence-electron chi connectivity index (χ4n) is 2.49. The first-order valence-corrected chi connectivity index (χ1v) is 7.06. The van der Waals surface area contributed by atoms with Crippen LogP contribution in [0.2, 0.25) is 0 Å². The molecule has 3 N–H and O–H groups in total. The normalized spacial score (nSPS) is 17.1. The number of rotatable bonds is 4. The van der Waals surface area contributed by atoms with Crippen molar-refractivity contribution in [2.45, 2.75) is 19.3 Å². The van der Waals surface area contributed by atoms with Crippen molar-refractivity contribution in [3.05, 3.63) is 58.6 Å². The zero-order valence-corrected chi connectivity index (χ0v) is 12.7. The van der Waals surface area contributed by atoms with Crippen molar-refractivity contribution in [1.82, 2.24) is 5.32 Å². The maximum Gasteiger partial charge on any atom is 0.336 e. The Morgan fingerprint density at radius 1 is 1.35 bits per heavy atom. The fourth-order valence-corrected chi connectivity index (χ4v) is 2.49. The molecular weight excluding hydrogens is 292 g/mol. The Hall–Kier alpha value is -3.25. The molecule has 0 radical (unpaired) electrons. The van der Waals surface area contributed by atoms with E-state index in [1.165, 1.54) is 0 Å². The lowest BCUT2D eigenvalue weighted by Crippen LogP contribution is -2.32. The number of nitrogens with two attached hydrogens (primary N) is 1. The predicted molar refractivity (Wildman–Crippen MR) is 83.0 cm³/mol. The van der Waals surface area contributed by atoms with Gasteiger partial charge in [-0.2, -0.15) is 10.5 Å². The van der Waals surface area contributed by atoms with Gasteiger partial charge in [-0.15, -0.1) is 0 Å². The van der Waals surface area contributed by atoms with Gasteiger partial charge in [-0.1, -0.05) is 30.3 Å². The van der Waals surface area contributed by atoms with Crippen molar-refractivity contribution < 1.29 is 9.53 Å². The lowest BCUT2D eigenvalue weighted by atomic mass is 9.82. The van der Waals surface area contributed by atoms with Gasteiger partial charge >= 0.3 is 5.97 Å². The molecule has 23 heavy (non-hydrogen) atoms. The van der Waals surface area contributed by atoms with E-state index in [0.717, 1.165) is 5.56 Å². The number of benzene rings is 1. The fraction of sp³-hybridized carbons (Fsp3) is 0.235. The van der Waals surface area contributed by atoms with E-state index in [0.29, 0.717) is 11.3 Å². The number of hydrogen-bond donors (Lipinski definition) is 2. The highest BCUT2D eigenvalue weighted by molar-refractivity contribution is 5.93. The highest BCUT2D eigenvalue weighted by atomic mass is 16.5. The molecule has 6 nitrogen and oxygen atoms in total. The minimum atomic E-state index is -0.586. The number of nitriles is 2. The molecule has 0 bridgehead atoms. The lowest BCUT2D eigenvalue weighted by Gasteiger charge is -2.28. The number of carbonyl (C=O) groups is 1. The maximum atomic E-state index is 12.4.